The van der Waals surface area contributed by atoms with Crippen molar-refractivity contribution in [2.24, 2.45) is 11.7 Å². The van der Waals surface area contributed by atoms with Crippen LogP contribution in [0.5, 0.6) is 0 Å². The first-order valence-corrected chi connectivity index (χ1v) is 6.65. The molecule has 15 heavy (non-hydrogen) atoms. The molecule has 1 unspecified atom stereocenters. The molecule has 2 N–H and O–H groups in total. The second kappa shape index (κ2) is 6.41. The van der Waals surface area contributed by atoms with Crippen molar-refractivity contribution in [1.82, 2.24) is 0 Å². The molecule has 1 aromatic carbocycles. The molecule has 84 valence electrons. The number of hydrogen-bond donors (Lipinski definition) is 1. The molecular formula is C12H18ClNS. The molecule has 1 nitrogen and oxygen atoms in total. The van der Waals surface area contributed by atoms with Gasteiger partial charge in [-0.1, -0.05) is 31.9 Å². The van der Waals surface area contributed by atoms with Gasteiger partial charge in [-0.15, -0.1) is 11.8 Å². The zero-order valence-electron chi connectivity index (χ0n) is 9.29. The van der Waals surface area contributed by atoms with Crippen LogP contribution >= 0.6 is 23.4 Å². The molecule has 0 amide bonds. The summed E-state index contributed by atoms with van der Waals surface area (Å²) in [6.45, 7) is 5.05. The molecule has 0 fully saturated rings. The number of hydrogen-bond acceptors (Lipinski definition) is 2. The minimum Gasteiger partial charge on any atom is -0.326 e. The summed E-state index contributed by atoms with van der Waals surface area (Å²) in [6, 6.07) is 5.96. The monoisotopic (exact) mass is 243 g/mol. The van der Waals surface area contributed by atoms with Crippen molar-refractivity contribution < 1.29 is 0 Å². The van der Waals surface area contributed by atoms with Crippen molar-refractivity contribution in [2.45, 2.75) is 31.7 Å². The average Bonchev–Trinajstić information content (AvgIpc) is 2.26. The molecule has 3 heteroatoms. The van der Waals surface area contributed by atoms with Gasteiger partial charge in [0.1, 0.15) is 0 Å². The molecule has 0 heterocycles. The summed E-state index contributed by atoms with van der Waals surface area (Å²) in [5.41, 5.74) is 6.84. The first-order valence-electron chi connectivity index (χ1n) is 5.28. The van der Waals surface area contributed by atoms with Gasteiger partial charge in [0, 0.05) is 22.2 Å². The molecular weight excluding hydrogens is 226 g/mol. The van der Waals surface area contributed by atoms with E-state index in [0.29, 0.717) is 6.54 Å². The Hall–Kier alpha value is -0.180. The lowest BCUT2D eigenvalue weighted by atomic mass is 10.2. The van der Waals surface area contributed by atoms with E-state index in [-0.39, 0.29) is 0 Å². The number of halogens is 1. The lowest BCUT2D eigenvalue weighted by molar-refractivity contribution is 0.637. The van der Waals surface area contributed by atoms with E-state index in [9.17, 15) is 0 Å². The molecule has 0 aliphatic heterocycles. The van der Waals surface area contributed by atoms with Gasteiger partial charge < -0.3 is 5.73 Å². The molecule has 0 spiro atoms. The first kappa shape index (κ1) is 12.9. The second-order valence-corrected chi connectivity index (χ2v) is 5.28. The minimum atomic E-state index is 0.559. The van der Waals surface area contributed by atoms with Crippen LogP contribution in [0.15, 0.2) is 23.1 Å². The van der Waals surface area contributed by atoms with Crippen LogP contribution in [-0.2, 0) is 6.54 Å². The average molecular weight is 244 g/mol. The van der Waals surface area contributed by atoms with E-state index in [4.69, 9.17) is 17.3 Å². The molecule has 0 aromatic heterocycles. The Labute approximate surface area is 101 Å². The van der Waals surface area contributed by atoms with Crippen molar-refractivity contribution >= 4 is 23.4 Å². The van der Waals surface area contributed by atoms with Gasteiger partial charge in [0.15, 0.2) is 0 Å². The molecule has 0 aliphatic carbocycles. The lowest BCUT2D eigenvalue weighted by Crippen LogP contribution is -2.00. The maximum absolute atomic E-state index is 5.92. The zero-order valence-corrected chi connectivity index (χ0v) is 10.9. The Kier molecular flexibility index (Phi) is 5.51. The van der Waals surface area contributed by atoms with Crippen molar-refractivity contribution in [3.8, 4) is 0 Å². The Bertz CT molecular complexity index is 314. The van der Waals surface area contributed by atoms with E-state index in [1.807, 2.05) is 23.9 Å². The van der Waals surface area contributed by atoms with Crippen LogP contribution in [0, 0.1) is 5.92 Å². The van der Waals surface area contributed by atoms with Crippen LogP contribution in [0.25, 0.3) is 0 Å². The third kappa shape index (κ3) is 4.06. The summed E-state index contributed by atoms with van der Waals surface area (Å²) in [7, 11) is 0. The molecule has 0 radical (unpaired) electrons. The molecule has 0 aliphatic rings. The van der Waals surface area contributed by atoms with E-state index in [1.54, 1.807) is 0 Å². The van der Waals surface area contributed by atoms with E-state index >= 15 is 0 Å². The normalized spacial score (nSPS) is 12.8. The third-order valence-electron chi connectivity index (χ3n) is 2.46. The fourth-order valence-electron chi connectivity index (χ4n) is 1.20. The maximum atomic E-state index is 5.92. The molecule has 1 rings (SSSR count). The van der Waals surface area contributed by atoms with E-state index in [2.05, 4.69) is 19.9 Å². The number of thioether (sulfide) groups is 1. The Morgan fingerprint density at radius 2 is 2.20 bits per heavy atom. The zero-order chi connectivity index (χ0) is 11.3. The van der Waals surface area contributed by atoms with Crippen molar-refractivity contribution in [3.05, 3.63) is 28.8 Å². The fourth-order valence-corrected chi connectivity index (χ4v) is 2.58. The molecule has 1 aromatic rings. The van der Waals surface area contributed by atoms with Crippen LogP contribution < -0.4 is 5.73 Å². The highest BCUT2D eigenvalue weighted by molar-refractivity contribution is 7.99. The quantitative estimate of drug-likeness (QED) is 0.793. The summed E-state index contributed by atoms with van der Waals surface area (Å²) in [5.74, 6) is 1.89. The SMILES string of the molecule is CCC(C)CSc1ccc(Cl)cc1CN. The molecule has 0 bridgehead atoms. The highest BCUT2D eigenvalue weighted by atomic mass is 35.5. The standard InChI is InChI=1S/C12H18ClNS/c1-3-9(2)8-15-12-5-4-11(13)6-10(12)7-14/h4-6,9H,3,7-8,14H2,1-2H3. The Morgan fingerprint density at radius 3 is 2.80 bits per heavy atom. The first-order chi connectivity index (χ1) is 7.17. The number of nitrogens with two attached hydrogens (primary N) is 1. The van der Waals surface area contributed by atoms with Gasteiger partial charge >= 0.3 is 0 Å². The van der Waals surface area contributed by atoms with Gasteiger partial charge in [-0.05, 0) is 29.7 Å². The van der Waals surface area contributed by atoms with E-state index in [0.717, 1.165) is 22.3 Å². The van der Waals surface area contributed by atoms with Gasteiger partial charge in [0.25, 0.3) is 0 Å². The predicted octanol–water partition coefficient (Wildman–Crippen LogP) is 3.94. The van der Waals surface area contributed by atoms with Crippen molar-refractivity contribution in [3.63, 3.8) is 0 Å². The summed E-state index contributed by atoms with van der Waals surface area (Å²) < 4.78 is 0. The predicted molar refractivity (Wildman–Crippen MR) is 69.5 cm³/mol. The fraction of sp³-hybridized carbons (Fsp3) is 0.500. The largest absolute Gasteiger partial charge is 0.326 e. The van der Waals surface area contributed by atoms with Crippen molar-refractivity contribution in [2.75, 3.05) is 5.75 Å². The van der Waals surface area contributed by atoms with Crippen molar-refractivity contribution in [1.29, 1.82) is 0 Å². The molecule has 1 atom stereocenters. The van der Waals surface area contributed by atoms with E-state index < -0.39 is 0 Å². The lowest BCUT2D eigenvalue weighted by Gasteiger charge is -2.11. The summed E-state index contributed by atoms with van der Waals surface area (Å²) in [5, 5.41) is 0.767. The third-order valence-corrected chi connectivity index (χ3v) is 4.14. The minimum absolute atomic E-state index is 0.559. The smallest absolute Gasteiger partial charge is 0.0410 e. The van der Waals surface area contributed by atoms with Crippen LogP contribution in [-0.4, -0.2) is 5.75 Å². The maximum Gasteiger partial charge on any atom is 0.0410 e. The Morgan fingerprint density at radius 1 is 1.47 bits per heavy atom. The number of rotatable bonds is 5. The van der Waals surface area contributed by atoms with Crippen LogP contribution in [0.2, 0.25) is 5.02 Å². The molecule has 0 saturated carbocycles. The van der Waals surface area contributed by atoms with Crippen LogP contribution in [0.1, 0.15) is 25.8 Å². The van der Waals surface area contributed by atoms with Gasteiger partial charge in [-0.2, -0.15) is 0 Å². The number of benzene rings is 1. The molecule has 0 saturated heterocycles. The summed E-state index contributed by atoms with van der Waals surface area (Å²) >= 11 is 7.80. The second-order valence-electron chi connectivity index (χ2n) is 3.78. The van der Waals surface area contributed by atoms with Crippen LogP contribution in [0.4, 0.5) is 0 Å². The highest BCUT2D eigenvalue weighted by Gasteiger charge is 2.05. The van der Waals surface area contributed by atoms with Gasteiger partial charge in [0.05, 0.1) is 0 Å². The highest BCUT2D eigenvalue weighted by Crippen LogP contribution is 2.27. The van der Waals surface area contributed by atoms with Gasteiger partial charge in [-0.25, -0.2) is 0 Å². The van der Waals surface area contributed by atoms with E-state index in [1.165, 1.54) is 11.3 Å². The topological polar surface area (TPSA) is 26.0 Å². The van der Waals surface area contributed by atoms with Gasteiger partial charge in [-0.3, -0.25) is 0 Å². The Balaban J connectivity index is 2.67. The summed E-state index contributed by atoms with van der Waals surface area (Å²) in [4.78, 5) is 1.27. The van der Waals surface area contributed by atoms with Crippen LogP contribution in [0.3, 0.4) is 0 Å². The summed E-state index contributed by atoms with van der Waals surface area (Å²) in [6.07, 6.45) is 1.22. The van der Waals surface area contributed by atoms with Gasteiger partial charge in [0.2, 0.25) is 0 Å².